The Labute approximate surface area is 121 Å². The van der Waals surface area contributed by atoms with E-state index < -0.39 is 0 Å². The Morgan fingerprint density at radius 3 is 2.85 bits per heavy atom. The highest BCUT2D eigenvalue weighted by atomic mass is 16.1. The van der Waals surface area contributed by atoms with E-state index in [9.17, 15) is 4.79 Å². The minimum absolute atomic E-state index is 0.0172. The highest BCUT2D eigenvalue weighted by Crippen LogP contribution is 2.37. The van der Waals surface area contributed by atoms with E-state index in [0.717, 1.165) is 31.5 Å². The highest BCUT2D eigenvalue weighted by Gasteiger charge is 2.27. The molecular formula is C16H27N3O. The maximum atomic E-state index is 12.3. The summed E-state index contributed by atoms with van der Waals surface area (Å²) in [5, 5.41) is 3.08. The summed E-state index contributed by atoms with van der Waals surface area (Å²) < 4.78 is 2.04. The topological polar surface area (TPSA) is 60.1 Å². The average molecular weight is 277 g/mol. The van der Waals surface area contributed by atoms with Gasteiger partial charge in [0.15, 0.2) is 0 Å². The van der Waals surface area contributed by atoms with E-state index in [1.165, 1.54) is 19.3 Å². The first-order chi connectivity index (χ1) is 9.65. The summed E-state index contributed by atoms with van der Waals surface area (Å²) in [6.07, 6.45) is 8.96. The fourth-order valence-electron chi connectivity index (χ4n) is 2.61. The molecule has 0 bridgehead atoms. The number of nitrogens with one attached hydrogen (secondary N) is 1. The van der Waals surface area contributed by atoms with Crippen LogP contribution < -0.4 is 11.1 Å². The third kappa shape index (κ3) is 3.78. The van der Waals surface area contributed by atoms with Gasteiger partial charge < -0.3 is 15.6 Å². The molecule has 1 heterocycles. The summed E-state index contributed by atoms with van der Waals surface area (Å²) >= 11 is 0. The molecule has 0 aromatic carbocycles. The van der Waals surface area contributed by atoms with Gasteiger partial charge in [-0.25, -0.2) is 0 Å². The summed E-state index contributed by atoms with van der Waals surface area (Å²) in [6.45, 7) is 5.17. The van der Waals surface area contributed by atoms with Crippen LogP contribution in [-0.2, 0) is 0 Å². The molecule has 1 aliphatic rings. The molecule has 0 aliphatic heterocycles. The molecule has 1 aromatic heterocycles. The molecule has 0 spiro atoms. The molecule has 1 saturated carbocycles. The Bertz CT molecular complexity index is 449. The molecule has 4 nitrogen and oxygen atoms in total. The fourth-order valence-corrected chi connectivity index (χ4v) is 2.61. The van der Waals surface area contributed by atoms with Crippen LogP contribution in [0, 0.1) is 5.92 Å². The van der Waals surface area contributed by atoms with E-state index in [1.54, 1.807) is 6.07 Å². The van der Waals surface area contributed by atoms with Gasteiger partial charge in [0.2, 0.25) is 0 Å². The third-order valence-corrected chi connectivity index (χ3v) is 4.14. The summed E-state index contributed by atoms with van der Waals surface area (Å²) in [6, 6.07) is 2.27. The lowest BCUT2D eigenvalue weighted by molar-refractivity contribution is 0.0936. The fraction of sp³-hybridized carbons (Fsp3) is 0.688. The molecule has 1 fully saturated rings. The van der Waals surface area contributed by atoms with Crippen molar-refractivity contribution in [3.05, 3.63) is 18.0 Å². The normalized spacial score (nSPS) is 16.1. The minimum atomic E-state index is 0.0172. The van der Waals surface area contributed by atoms with Gasteiger partial charge in [0.1, 0.15) is 5.69 Å². The van der Waals surface area contributed by atoms with Gasteiger partial charge in [-0.1, -0.05) is 33.1 Å². The van der Waals surface area contributed by atoms with Crippen molar-refractivity contribution in [3.63, 3.8) is 0 Å². The zero-order chi connectivity index (χ0) is 14.5. The van der Waals surface area contributed by atoms with Crippen LogP contribution in [0.5, 0.6) is 0 Å². The van der Waals surface area contributed by atoms with Gasteiger partial charge in [0.05, 0.1) is 5.69 Å². The number of rotatable bonds is 8. The van der Waals surface area contributed by atoms with Gasteiger partial charge in [0, 0.05) is 18.8 Å². The number of carbonyl (C=O) groups excluding carboxylic acids is 1. The number of amides is 1. The molecular weight excluding hydrogens is 250 g/mol. The second-order valence-corrected chi connectivity index (χ2v) is 5.92. The molecule has 0 radical (unpaired) electrons. The van der Waals surface area contributed by atoms with Crippen LogP contribution in [0.15, 0.2) is 12.3 Å². The van der Waals surface area contributed by atoms with Crippen molar-refractivity contribution in [2.24, 2.45) is 5.92 Å². The largest absolute Gasteiger partial charge is 0.397 e. The standard InChI is InChI=1S/C16H27N3O/c1-3-5-6-12(4-2)10-18-16(20)15-9-13(17)11-19(15)14-7-8-14/h9,11-12,14H,3-8,10,17H2,1-2H3,(H,18,20). The summed E-state index contributed by atoms with van der Waals surface area (Å²) in [5.74, 6) is 0.601. The van der Waals surface area contributed by atoms with Crippen molar-refractivity contribution < 1.29 is 4.79 Å². The third-order valence-electron chi connectivity index (χ3n) is 4.14. The number of hydrogen-bond acceptors (Lipinski definition) is 2. The van der Waals surface area contributed by atoms with Crippen molar-refractivity contribution in [3.8, 4) is 0 Å². The Balaban J connectivity index is 1.91. The van der Waals surface area contributed by atoms with Crippen LogP contribution in [0.25, 0.3) is 0 Å². The minimum Gasteiger partial charge on any atom is -0.397 e. The lowest BCUT2D eigenvalue weighted by Crippen LogP contribution is -2.30. The van der Waals surface area contributed by atoms with Crippen molar-refractivity contribution in [2.45, 2.75) is 58.4 Å². The van der Waals surface area contributed by atoms with Crippen LogP contribution in [0.2, 0.25) is 0 Å². The Morgan fingerprint density at radius 2 is 2.25 bits per heavy atom. The molecule has 3 N–H and O–H groups in total. The first kappa shape index (κ1) is 14.9. The average Bonchev–Trinajstić information content (AvgIpc) is 3.21. The summed E-state index contributed by atoms with van der Waals surface area (Å²) in [5.41, 5.74) is 7.23. The first-order valence-corrected chi connectivity index (χ1v) is 7.91. The Morgan fingerprint density at radius 1 is 1.50 bits per heavy atom. The molecule has 0 saturated heterocycles. The lowest BCUT2D eigenvalue weighted by atomic mass is 9.99. The maximum Gasteiger partial charge on any atom is 0.268 e. The molecule has 1 amide bonds. The van der Waals surface area contributed by atoms with E-state index in [1.807, 2.05) is 10.8 Å². The molecule has 1 atom stereocenters. The molecule has 1 aromatic rings. The van der Waals surface area contributed by atoms with E-state index >= 15 is 0 Å². The zero-order valence-electron chi connectivity index (χ0n) is 12.7. The summed E-state index contributed by atoms with van der Waals surface area (Å²) in [7, 11) is 0. The van der Waals surface area contributed by atoms with E-state index in [4.69, 9.17) is 5.73 Å². The predicted molar refractivity (Wildman–Crippen MR) is 82.8 cm³/mol. The van der Waals surface area contributed by atoms with Gasteiger partial charge in [-0.15, -0.1) is 0 Å². The van der Waals surface area contributed by atoms with Gasteiger partial charge in [-0.2, -0.15) is 0 Å². The van der Waals surface area contributed by atoms with Gasteiger partial charge >= 0.3 is 0 Å². The van der Waals surface area contributed by atoms with Crippen molar-refractivity contribution in [2.75, 3.05) is 12.3 Å². The van der Waals surface area contributed by atoms with E-state index in [2.05, 4.69) is 19.2 Å². The first-order valence-electron chi connectivity index (χ1n) is 7.91. The number of nitrogen functional groups attached to an aromatic ring is 1. The molecule has 2 rings (SSSR count). The SMILES string of the molecule is CCCCC(CC)CNC(=O)c1cc(N)cn1C1CC1. The number of aromatic nitrogens is 1. The number of nitrogens with zero attached hydrogens (tertiary/aromatic N) is 1. The smallest absolute Gasteiger partial charge is 0.268 e. The number of nitrogens with two attached hydrogens (primary N) is 1. The van der Waals surface area contributed by atoms with E-state index in [0.29, 0.717) is 17.6 Å². The molecule has 112 valence electrons. The Hall–Kier alpha value is -1.45. The lowest BCUT2D eigenvalue weighted by Gasteiger charge is -2.15. The monoisotopic (exact) mass is 277 g/mol. The van der Waals surface area contributed by atoms with Crippen molar-refractivity contribution in [1.29, 1.82) is 0 Å². The van der Waals surface area contributed by atoms with Crippen LogP contribution in [0.1, 0.15) is 68.9 Å². The van der Waals surface area contributed by atoms with Gasteiger partial charge in [0.25, 0.3) is 5.91 Å². The molecule has 4 heteroatoms. The Kier molecular flexibility index (Phi) is 5.10. The summed E-state index contributed by atoms with van der Waals surface area (Å²) in [4.78, 5) is 12.3. The predicted octanol–water partition coefficient (Wildman–Crippen LogP) is 3.35. The maximum absolute atomic E-state index is 12.3. The van der Waals surface area contributed by atoms with Crippen LogP contribution in [-0.4, -0.2) is 17.0 Å². The molecule has 20 heavy (non-hydrogen) atoms. The van der Waals surface area contributed by atoms with Crippen molar-refractivity contribution in [1.82, 2.24) is 9.88 Å². The van der Waals surface area contributed by atoms with Crippen LogP contribution in [0.3, 0.4) is 0 Å². The number of carbonyl (C=O) groups is 1. The van der Waals surface area contributed by atoms with Gasteiger partial charge in [-0.3, -0.25) is 4.79 Å². The highest BCUT2D eigenvalue weighted by molar-refractivity contribution is 5.93. The molecule has 1 unspecified atom stereocenters. The van der Waals surface area contributed by atoms with Crippen LogP contribution in [0.4, 0.5) is 5.69 Å². The number of unbranched alkanes of at least 4 members (excludes halogenated alkanes) is 1. The zero-order valence-corrected chi connectivity index (χ0v) is 12.7. The molecule has 1 aliphatic carbocycles. The quantitative estimate of drug-likeness (QED) is 0.765. The second-order valence-electron chi connectivity index (χ2n) is 5.92. The number of hydrogen-bond donors (Lipinski definition) is 2. The van der Waals surface area contributed by atoms with Crippen molar-refractivity contribution >= 4 is 11.6 Å². The van der Waals surface area contributed by atoms with Gasteiger partial charge in [-0.05, 0) is 31.2 Å². The second kappa shape index (κ2) is 6.82. The van der Waals surface area contributed by atoms with E-state index in [-0.39, 0.29) is 5.91 Å². The number of anilines is 1. The van der Waals surface area contributed by atoms with Crippen LogP contribution >= 0.6 is 0 Å².